The molecule has 3 aliphatic carbocycles. The standard InChI is InChI=1S/C10H12Cl4/c1-7-3-6-8(2,10(6,13)14)4-5(7)9(7,11)12/h5-6H,3-4H2,1-2H3/t5-,6-,7-,8+/m0/s1. The predicted molar refractivity (Wildman–Crippen MR) is 61.3 cm³/mol. The molecule has 0 nitrogen and oxygen atoms in total. The summed E-state index contributed by atoms with van der Waals surface area (Å²) in [7, 11) is 0. The molecule has 0 aliphatic heterocycles. The van der Waals surface area contributed by atoms with Crippen LogP contribution in [0, 0.1) is 22.7 Å². The summed E-state index contributed by atoms with van der Waals surface area (Å²) in [5.41, 5.74) is 0.0949. The maximum Gasteiger partial charge on any atom is 0.127 e. The van der Waals surface area contributed by atoms with Gasteiger partial charge in [-0.2, -0.15) is 0 Å². The zero-order valence-corrected chi connectivity index (χ0v) is 11.1. The Morgan fingerprint density at radius 2 is 1.07 bits per heavy atom. The topological polar surface area (TPSA) is 0 Å². The molecule has 14 heavy (non-hydrogen) atoms. The van der Waals surface area contributed by atoms with Crippen molar-refractivity contribution in [2.24, 2.45) is 22.7 Å². The molecular weight excluding hydrogens is 262 g/mol. The molecule has 0 bridgehead atoms. The highest BCUT2D eigenvalue weighted by Gasteiger charge is 2.86. The molecule has 80 valence electrons. The van der Waals surface area contributed by atoms with Crippen molar-refractivity contribution in [2.75, 3.05) is 0 Å². The number of halogens is 4. The summed E-state index contributed by atoms with van der Waals surface area (Å²) in [5, 5.41) is 0. The molecule has 3 rings (SSSR count). The van der Waals surface area contributed by atoms with Gasteiger partial charge in [0.1, 0.15) is 8.67 Å². The van der Waals surface area contributed by atoms with Crippen LogP contribution < -0.4 is 0 Å². The Balaban J connectivity index is 1.93. The highest BCUT2D eigenvalue weighted by atomic mass is 35.5. The van der Waals surface area contributed by atoms with Crippen molar-refractivity contribution in [3.05, 3.63) is 0 Å². The van der Waals surface area contributed by atoms with Crippen LogP contribution in [0.5, 0.6) is 0 Å². The molecule has 4 atom stereocenters. The maximum atomic E-state index is 6.27. The Bertz CT molecular complexity index is 292. The molecule has 0 heterocycles. The van der Waals surface area contributed by atoms with Crippen LogP contribution in [0.15, 0.2) is 0 Å². The fourth-order valence-corrected chi connectivity index (χ4v) is 5.35. The highest BCUT2D eigenvalue weighted by molar-refractivity contribution is 6.53. The lowest BCUT2D eigenvalue weighted by Crippen LogP contribution is -2.13. The zero-order chi connectivity index (χ0) is 10.6. The van der Waals surface area contributed by atoms with Gasteiger partial charge in [0.15, 0.2) is 0 Å². The zero-order valence-electron chi connectivity index (χ0n) is 8.08. The van der Waals surface area contributed by atoms with E-state index in [4.69, 9.17) is 46.4 Å². The van der Waals surface area contributed by atoms with E-state index in [-0.39, 0.29) is 10.8 Å². The van der Waals surface area contributed by atoms with Crippen LogP contribution in [0.3, 0.4) is 0 Å². The summed E-state index contributed by atoms with van der Waals surface area (Å²) in [5.74, 6) is 0.748. The summed E-state index contributed by atoms with van der Waals surface area (Å²) in [6.45, 7) is 4.30. The summed E-state index contributed by atoms with van der Waals surface area (Å²) < 4.78 is -1.07. The van der Waals surface area contributed by atoms with Gasteiger partial charge >= 0.3 is 0 Å². The molecule has 3 fully saturated rings. The Morgan fingerprint density at radius 3 is 1.36 bits per heavy atom. The molecule has 0 amide bonds. The van der Waals surface area contributed by atoms with Crippen LogP contribution in [0.4, 0.5) is 0 Å². The van der Waals surface area contributed by atoms with E-state index in [1.54, 1.807) is 0 Å². The van der Waals surface area contributed by atoms with Crippen LogP contribution in [-0.2, 0) is 0 Å². The Morgan fingerprint density at radius 1 is 0.786 bits per heavy atom. The Kier molecular flexibility index (Phi) is 1.64. The summed E-state index contributed by atoms with van der Waals surface area (Å²) in [6.07, 6.45) is 1.93. The molecule has 3 saturated carbocycles. The van der Waals surface area contributed by atoms with Gasteiger partial charge < -0.3 is 0 Å². The quantitative estimate of drug-likeness (QED) is 0.574. The minimum absolute atomic E-state index is 0.0474. The average Bonchev–Trinajstić information content (AvgIpc) is 2.65. The van der Waals surface area contributed by atoms with Gasteiger partial charge in [-0.05, 0) is 12.8 Å². The van der Waals surface area contributed by atoms with E-state index in [2.05, 4.69) is 13.8 Å². The van der Waals surface area contributed by atoms with Crippen molar-refractivity contribution in [2.45, 2.75) is 35.4 Å². The fourth-order valence-electron chi connectivity index (χ4n) is 3.46. The normalized spacial score (nSPS) is 61.3. The highest BCUT2D eigenvalue weighted by Crippen LogP contribution is 2.87. The number of hydrogen-bond donors (Lipinski definition) is 0. The van der Waals surface area contributed by atoms with Gasteiger partial charge in [-0.1, -0.05) is 13.8 Å². The van der Waals surface area contributed by atoms with Gasteiger partial charge in [0.05, 0.1) is 0 Å². The van der Waals surface area contributed by atoms with Gasteiger partial charge in [-0.25, -0.2) is 0 Å². The molecule has 0 aromatic rings. The minimum Gasteiger partial charge on any atom is -0.101 e. The molecular formula is C10H12Cl4. The number of hydrogen-bond acceptors (Lipinski definition) is 0. The average molecular weight is 274 g/mol. The lowest BCUT2D eigenvalue weighted by Gasteiger charge is -2.19. The first-order chi connectivity index (χ1) is 6.18. The fraction of sp³-hybridized carbons (Fsp3) is 1.00. The first-order valence-electron chi connectivity index (χ1n) is 4.93. The SMILES string of the molecule is C[C@]12C[C@@H]3C(Cl)(Cl)[C@]3(C)C[C@@H]1C2(Cl)Cl. The van der Waals surface area contributed by atoms with E-state index in [1.807, 2.05) is 0 Å². The van der Waals surface area contributed by atoms with E-state index >= 15 is 0 Å². The van der Waals surface area contributed by atoms with E-state index in [0.717, 1.165) is 12.8 Å². The third kappa shape index (κ3) is 0.805. The van der Waals surface area contributed by atoms with Crippen LogP contribution in [0.1, 0.15) is 26.7 Å². The van der Waals surface area contributed by atoms with Crippen molar-refractivity contribution in [1.29, 1.82) is 0 Å². The number of fused-ring (bicyclic) bond motifs is 2. The predicted octanol–water partition coefficient (Wildman–Crippen LogP) is 4.40. The molecule has 0 spiro atoms. The van der Waals surface area contributed by atoms with Crippen molar-refractivity contribution in [1.82, 2.24) is 0 Å². The molecule has 0 radical (unpaired) electrons. The van der Waals surface area contributed by atoms with Gasteiger partial charge in [-0.15, -0.1) is 46.4 Å². The van der Waals surface area contributed by atoms with Crippen molar-refractivity contribution in [3.63, 3.8) is 0 Å². The first-order valence-corrected chi connectivity index (χ1v) is 6.45. The van der Waals surface area contributed by atoms with Crippen LogP contribution in [0.25, 0.3) is 0 Å². The van der Waals surface area contributed by atoms with Crippen LogP contribution in [-0.4, -0.2) is 8.67 Å². The van der Waals surface area contributed by atoms with Crippen LogP contribution in [0.2, 0.25) is 0 Å². The van der Waals surface area contributed by atoms with Crippen molar-refractivity contribution >= 4 is 46.4 Å². The summed E-state index contributed by atoms with van der Waals surface area (Å²) >= 11 is 25.1. The minimum atomic E-state index is -0.534. The molecule has 3 aliphatic rings. The second kappa shape index (κ2) is 2.23. The number of rotatable bonds is 0. The maximum absolute atomic E-state index is 6.27. The second-order valence-corrected chi connectivity index (χ2v) is 8.37. The van der Waals surface area contributed by atoms with Gasteiger partial charge in [0, 0.05) is 22.7 Å². The van der Waals surface area contributed by atoms with Gasteiger partial charge in [0.2, 0.25) is 0 Å². The molecule has 4 heteroatoms. The third-order valence-corrected chi connectivity index (χ3v) is 7.81. The Hall–Kier alpha value is 1.16. The van der Waals surface area contributed by atoms with E-state index in [9.17, 15) is 0 Å². The monoisotopic (exact) mass is 272 g/mol. The molecule has 0 saturated heterocycles. The molecule has 0 N–H and O–H groups in total. The third-order valence-electron chi connectivity index (χ3n) is 5.03. The van der Waals surface area contributed by atoms with Crippen molar-refractivity contribution < 1.29 is 0 Å². The molecule has 0 aromatic heterocycles. The first kappa shape index (κ1) is 10.3. The molecule has 0 aromatic carbocycles. The Labute approximate surface area is 104 Å². The molecule has 0 unspecified atom stereocenters. The van der Waals surface area contributed by atoms with Crippen molar-refractivity contribution in [3.8, 4) is 0 Å². The number of alkyl halides is 4. The summed E-state index contributed by atoms with van der Waals surface area (Å²) in [4.78, 5) is 0. The smallest absolute Gasteiger partial charge is 0.101 e. The van der Waals surface area contributed by atoms with E-state index < -0.39 is 8.67 Å². The van der Waals surface area contributed by atoms with Crippen LogP contribution >= 0.6 is 46.4 Å². The summed E-state index contributed by atoms with van der Waals surface area (Å²) in [6, 6.07) is 0. The lowest BCUT2D eigenvalue weighted by atomic mass is 9.84. The van der Waals surface area contributed by atoms with Gasteiger partial charge in [0.25, 0.3) is 0 Å². The second-order valence-electron chi connectivity index (χ2n) is 5.59. The largest absolute Gasteiger partial charge is 0.127 e. The van der Waals surface area contributed by atoms with Gasteiger partial charge in [-0.3, -0.25) is 0 Å². The van der Waals surface area contributed by atoms with E-state index in [0.29, 0.717) is 11.8 Å². The lowest BCUT2D eigenvalue weighted by molar-refractivity contribution is 0.283. The van der Waals surface area contributed by atoms with E-state index in [1.165, 1.54) is 0 Å².